The summed E-state index contributed by atoms with van der Waals surface area (Å²) in [4.78, 5) is 41.4. The van der Waals surface area contributed by atoms with E-state index < -0.39 is 23.3 Å². The second-order valence-electron chi connectivity index (χ2n) is 7.10. The Kier molecular flexibility index (Phi) is 6.22. The van der Waals surface area contributed by atoms with Gasteiger partial charge in [0.25, 0.3) is 11.8 Å². The summed E-state index contributed by atoms with van der Waals surface area (Å²) in [6.45, 7) is 3.22. The zero-order valence-corrected chi connectivity index (χ0v) is 16.7. The van der Waals surface area contributed by atoms with Crippen molar-refractivity contribution in [2.45, 2.75) is 19.4 Å². The molecule has 2 heterocycles. The summed E-state index contributed by atoms with van der Waals surface area (Å²) in [5, 5.41) is 8.15. The Morgan fingerprint density at radius 3 is 1.73 bits per heavy atom. The van der Waals surface area contributed by atoms with Crippen LogP contribution in [0.25, 0.3) is 0 Å². The Balaban J connectivity index is 0.000000367. The molecule has 7 heteroatoms. The zero-order valence-electron chi connectivity index (χ0n) is 16.7. The maximum atomic E-state index is 12.6. The second-order valence-corrected chi connectivity index (χ2v) is 7.10. The van der Waals surface area contributed by atoms with E-state index >= 15 is 0 Å². The largest absolute Gasteiger partial charge is 0.338 e. The van der Waals surface area contributed by atoms with Gasteiger partial charge in [-0.05, 0) is 50.2 Å². The van der Waals surface area contributed by atoms with Crippen molar-refractivity contribution in [2.75, 3.05) is 10.6 Å². The predicted molar refractivity (Wildman–Crippen MR) is 115 cm³/mol. The molecule has 0 saturated heterocycles. The highest BCUT2D eigenvalue weighted by Crippen LogP contribution is 2.23. The number of carbonyl (C=O) groups is 3. The topological polar surface area (TPSA) is 100 Å². The van der Waals surface area contributed by atoms with Crippen molar-refractivity contribution >= 4 is 29.1 Å². The van der Waals surface area contributed by atoms with Crippen LogP contribution >= 0.6 is 0 Å². The van der Waals surface area contributed by atoms with E-state index in [1.54, 1.807) is 74.8 Å². The van der Waals surface area contributed by atoms with Gasteiger partial charge in [-0.3, -0.25) is 19.4 Å². The summed E-state index contributed by atoms with van der Waals surface area (Å²) in [6, 6.07) is 19.1. The summed E-state index contributed by atoms with van der Waals surface area (Å²) in [5.41, 5.74) is 0.253. The fourth-order valence-electron chi connectivity index (χ4n) is 2.77. The fourth-order valence-corrected chi connectivity index (χ4v) is 2.77. The van der Waals surface area contributed by atoms with Gasteiger partial charge in [-0.1, -0.05) is 30.3 Å². The molecule has 3 amide bonds. The van der Waals surface area contributed by atoms with Gasteiger partial charge in [-0.2, -0.15) is 0 Å². The van der Waals surface area contributed by atoms with Gasteiger partial charge < -0.3 is 16.0 Å². The van der Waals surface area contributed by atoms with Crippen LogP contribution in [0.5, 0.6) is 0 Å². The van der Waals surface area contributed by atoms with E-state index in [-0.39, 0.29) is 0 Å². The van der Waals surface area contributed by atoms with E-state index in [0.717, 1.165) is 0 Å². The number of hydrogen-bond donors (Lipinski definition) is 3. The van der Waals surface area contributed by atoms with Crippen molar-refractivity contribution in [2.24, 2.45) is 0 Å². The SMILES string of the molecule is CC1(C)NC(=O)c2ccccc2NC(=O)c2ccccc2NC1=O.c1ccncc1. The molecule has 0 atom stereocenters. The highest BCUT2D eigenvalue weighted by atomic mass is 16.2. The number of carbonyl (C=O) groups excluding carboxylic acids is 3. The van der Waals surface area contributed by atoms with Crippen molar-refractivity contribution in [3.05, 3.63) is 90.3 Å². The number of rotatable bonds is 0. The average molecular weight is 402 g/mol. The Morgan fingerprint density at radius 1 is 0.667 bits per heavy atom. The number of para-hydroxylation sites is 2. The summed E-state index contributed by atoms with van der Waals surface area (Å²) in [5.74, 6) is -1.24. The van der Waals surface area contributed by atoms with Gasteiger partial charge in [0.15, 0.2) is 0 Å². The van der Waals surface area contributed by atoms with Gasteiger partial charge >= 0.3 is 0 Å². The lowest BCUT2D eigenvalue weighted by molar-refractivity contribution is -0.120. The summed E-state index contributed by atoms with van der Waals surface area (Å²) in [7, 11) is 0. The summed E-state index contributed by atoms with van der Waals surface area (Å²) >= 11 is 0. The Labute approximate surface area is 174 Å². The lowest BCUT2D eigenvalue weighted by Crippen LogP contribution is -2.52. The van der Waals surface area contributed by atoms with Gasteiger partial charge in [0.05, 0.1) is 22.5 Å². The van der Waals surface area contributed by atoms with E-state index in [0.29, 0.717) is 22.5 Å². The number of benzene rings is 2. The fraction of sp³-hybridized carbons (Fsp3) is 0.130. The van der Waals surface area contributed by atoms with Crippen LogP contribution < -0.4 is 16.0 Å². The molecule has 0 bridgehead atoms. The van der Waals surface area contributed by atoms with Gasteiger partial charge in [-0.15, -0.1) is 0 Å². The van der Waals surface area contributed by atoms with Crippen LogP contribution in [-0.2, 0) is 4.79 Å². The molecule has 152 valence electrons. The molecule has 0 saturated carbocycles. The molecule has 30 heavy (non-hydrogen) atoms. The van der Waals surface area contributed by atoms with Crippen molar-refractivity contribution in [1.29, 1.82) is 0 Å². The summed E-state index contributed by atoms with van der Waals surface area (Å²) < 4.78 is 0. The maximum absolute atomic E-state index is 12.6. The summed E-state index contributed by atoms with van der Waals surface area (Å²) in [6.07, 6.45) is 3.50. The number of nitrogens with one attached hydrogen (secondary N) is 3. The normalized spacial score (nSPS) is 14.9. The molecule has 0 unspecified atom stereocenters. The van der Waals surface area contributed by atoms with E-state index in [1.807, 2.05) is 18.2 Å². The number of anilines is 2. The molecular formula is C23H22N4O3. The van der Waals surface area contributed by atoms with Gasteiger partial charge in [0, 0.05) is 12.4 Å². The molecule has 3 aromatic rings. The molecule has 1 aromatic heterocycles. The third kappa shape index (κ3) is 4.88. The molecule has 0 aliphatic carbocycles. The van der Waals surface area contributed by atoms with Crippen molar-refractivity contribution in [1.82, 2.24) is 10.3 Å². The molecule has 0 fully saturated rings. The number of nitrogens with zero attached hydrogens (tertiary/aromatic N) is 1. The van der Waals surface area contributed by atoms with Crippen LogP contribution in [0.15, 0.2) is 79.1 Å². The Bertz CT molecular complexity index is 1040. The predicted octanol–water partition coefficient (Wildman–Crippen LogP) is 3.48. The molecule has 0 radical (unpaired) electrons. The van der Waals surface area contributed by atoms with E-state index in [1.165, 1.54) is 0 Å². The Hall–Kier alpha value is -4.00. The number of amides is 3. The maximum Gasteiger partial charge on any atom is 0.257 e. The molecule has 3 N–H and O–H groups in total. The minimum absolute atomic E-state index is 0.297. The third-order valence-electron chi connectivity index (χ3n) is 4.40. The highest BCUT2D eigenvalue weighted by molar-refractivity contribution is 6.15. The number of fused-ring (bicyclic) bond motifs is 2. The monoisotopic (exact) mass is 402 g/mol. The van der Waals surface area contributed by atoms with Crippen LogP contribution in [-0.4, -0.2) is 28.2 Å². The van der Waals surface area contributed by atoms with Crippen LogP contribution in [0.4, 0.5) is 11.4 Å². The first-order chi connectivity index (χ1) is 14.4. The van der Waals surface area contributed by atoms with Crippen LogP contribution in [0.3, 0.4) is 0 Å². The first-order valence-corrected chi connectivity index (χ1v) is 9.37. The van der Waals surface area contributed by atoms with Crippen molar-refractivity contribution in [3.63, 3.8) is 0 Å². The molecule has 1 aliphatic heterocycles. The number of hydrogen-bond acceptors (Lipinski definition) is 4. The molecule has 2 aromatic carbocycles. The van der Waals surface area contributed by atoms with E-state index in [9.17, 15) is 14.4 Å². The molecule has 4 rings (SSSR count). The average Bonchev–Trinajstić information content (AvgIpc) is 2.76. The second kappa shape index (κ2) is 9.00. The lowest BCUT2D eigenvalue weighted by Gasteiger charge is -2.25. The van der Waals surface area contributed by atoms with E-state index in [4.69, 9.17) is 0 Å². The van der Waals surface area contributed by atoms with Crippen LogP contribution in [0.2, 0.25) is 0 Å². The quantitative estimate of drug-likeness (QED) is 0.536. The molecular weight excluding hydrogens is 380 g/mol. The first-order valence-electron chi connectivity index (χ1n) is 9.37. The molecule has 0 spiro atoms. The molecule has 1 aliphatic rings. The third-order valence-corrected chi connectivity index (χ3v) is 4.40. The van der Waals surface area contributed by atoms with Gasteiger partial charge in [0.1, 0.15) is 5.54 Å². The molecule has 7 nitrogen and oxygen atoms in total. The Morgan fingerprint density at radius 2 is 1.20 bits per heavy atom. The first kappa shape index (κ1) is 20.7. The van der Waals surface area contributed by atoms with Crippen LogP contribution in [0.1, 0.15) is 34.6 Å². The minimum Gasteiger partial charge on any atom is -0.338 e. The smallest absolute Gasteiger partial charge is 0.257 e. The lowest BCUT2D eigenvalue weighted by atomic mass is 10.0. The minimum atomic E-state index is -1.15. The van der Waals surface area contributed by atoms with Crippen LogP contribution in [0, 0.1) is 0 Å². The van der Waals surface area contributed by atoms with Gasteiger partial charge in [0.2, 0.25) is 5.91 Å². The number of pyridine rings is 1. The zero-order chi connectivity index (χ0) is 21.6. The van der Waals surface area contributed by atoms with Crippen molar-refractivity contribution in [3.8, 4) is 0 Å². The number of aromatic nitrogens is 1. The van der Waals surface area contributed by atoms with Crippen molar-refractivity contribution < 1.29 is 14.4 Å². The standard InChI is InChI=1S/C18H17N3O3.C5H5N/c1-18(2)17(24)20-14-10-6-3-7-11(14)15(22)19-13-9-5-4-8-12(13)16(23)21-18;1-2-4-6-5-3-1/h3-10H,1-2H3,(H,19,22)(H,20,24)(H,21,23);1-5H. The highest BCUT2D eigenvalue weighted by Gasteiger charge is 2.32. The van der Waals surface area contributed by atoms with E-state index in [2.05, 4.69) is 20.9 Å². The van der Waals surface area contributed by atoms with Gasteiger partial charge in [-0.25, -0.2) is 0 Å².